The highest BCUT2D eigenvalue weighted by molar-refractivity contribution is 7.90. The molecule has 0 spiro atoms. The van der Waals surface area contributed by atoms with Crippen LogP contribution >= 0.6 is 0 Å². The van der Waals surface area contributed by atoms with Crippen LogP contribution in [-0.4, -0.2) is 58.2 Å². The maximum atomic E-state index is 12.5. The molecule has 2 heterocycles. The van der Waals surface area contributed by atoms with E-state index in [9.17, 15) is 16.8 Å². The van der Waals surface area contributed by atoms with Crippen LogP contribution in [0.25, 0.3) is 0 Å². The van der Waals surface area contributed by atoms with Crippen molar-refractivity contribution in [2.75, 3.05) is 32.2 Å². The molecule has 182 valence electrons. The zero-order chi connectivity index (χ0) is 24.5. The molecule has 0 atom stereocenters. The van der Waals surface area contributed by atoms with Crippen LogP contribution in [-0.2, 0) is 39.5 Å². The first-order chi connectivity index (χ1) is 16.0. The Morgan fingerprint density at radius 2 is 1.71 bits per heavy atom. The van der Waals surface area contributed by atoms with E-state index in [1.165, 1.54) is 22.4 Å². The third-order valence-corrected chi connectivity index (χ3v) is 8.88. The van der Waals surface area contributed by atoms with Gasteiger partial charge in [0.05, 0.1) is 24.5 Å². The normalized spacial score (nSPS) is 17.9. The maximum absolute atomic E-state index is 12.5. The molecule has 0 radical (unpaired) electrons. The molecule has 4 rings (SSSR count). The van der Waals surface area contributed by atoms with E-state index < -0.39 is 19.9 Å². The predicted molar refractivity (Wildman–Crippen MR) is 128 cm³/mol. The third kappa shape index (κ3) is 5.78. The van der Waals surface area contributed by atoms with Gasteiger partial charge in [-0.2, -0.15) is 5.26 Å². The van der Waals surface area contributed by atoms with Crippen LogP contribution < -0.4 is 4.74 Å². The van der Waals surface area contributed by atoms with Crippen molar-refractivity contribution >= 4 is 19.9 Å². The Balaban J connectivity index is 1.42. The number of nitriles is 1. The van der Waals surface area contributed by atoms with Crippen molar-refractivity contribution < 1.29 is 21.6 Å². The van der Waals surface area contributed by atoms with Gasteiger partial charge in [-0.15, -0.1) is 0 Å². The largest absolute Gasteiger partial charge is 0.492 e. The van der Waals surface area contributed by atoms with Gasteiger partial charge >= 0.3 is 0 Å². The molecule has 1 saturated heterocycles. The average molecular weight is 504 g/mol. The van der Waals surface area contributed by atoms with Crippen molar-refractivity contribution in [1.82, 2.24) is 9.21 Å². The lowest BCUT2D eigenvalue weighted by Gasteiger charge is -2.30. The number of sulfone groups is 1. The van der Waals surface area contributed by atoms with Crippen LogP contribution in [0.5, 0.6) is 5.75 Å². The molecular weight excluding hydrogens is 474 g/mol. The van der Waals surface area contributed by atoms with Gasteiger partial charge in [0.25, 0.3) is 0 Å². The van der Waals surface area contributed by atoms with Gasteiger partial charge in [-0.05, 0) is 59.7 Å². The van der Waals surface area contributed by atoms with Crippen LogP contribution in [0.4, 0.5) is 0 Å². The molecule has 0 saturated carbocycles. The zero-order valence-corrected chi connectivity index (χ0v) is 21.0. The van der Waals surface area contributed by atoms with Crippen molar-refractivity contribution in [2.24, 2.45) is 5.92 Å². The minimum absolute atomic E-state index is 0.169. The number of rotatable bonds is 7. The number of hydrogen-bond acceptors (Lipinski definition) is 7. The Bertz CT molecular complexity index is 1320. The molecule has 1 fully saturated rings. The average Bonchev–Trinajstić information content (AvgIpc) is 3.18. The monoisotopic (exact) mass is 503 g/mol. The lowest BCUT2D eigenvalue weighted by atomic mass is 9.99. The highest BCUT2D eigenvalue weighted by Crippen LogP contribution is 2.30. The Labute approximate surface area is 201 Å². The van der Waals surface area contributed by atoms with Crippen LogP contribution in [0.15, 0.2) is 41.3 Å². The van der Waals surface area contributed by atoms with Crippen LogP contribution in [0.1, 0.15) is 35.1 Å². The van der Waals surface area contributed by atoms with E-state index in [0.29, 0.717) is 56.9 Å². The molecule has 2 aromatic carbocycles. The number of fused-ring (bicyclic) bond motifs is 1. The summed E-state index contributed by atoms with van der Waals surface area (Å²) in [4.78, 5) is 2.38. The third-order valence-electron chi connectivity index (χ3n) is 6.45. The van der Waals surface area contributed by atoms with Gasteiger partial charge in [0.15, 0.2) is 9.84 Å². The predicted octanol–water partition coefficient (Wildman–Crippen LogP) is 2.53. The fourth-order valence-corrected chi connectivity index (χ4v) is 6.31. The quantitative estimate of drug-likeness (QED) is 0.571. The minimum Gasteiger partial charge on any atom is -0.492 e. The fraction of sp³-hybridized carbons (Fsp3) is 0.458. The fourth-order valence-electron chi connectivity index (χ4n) is 4.58. The van der Waals surface area contributed by atoms with E-state index in [1.54, 1.807) is 12.1 Å². The zero-order valence-electron chi connectivity index (χ0n) is 19.4. The molecule has 0 aliphatic carbocycles. The summed E-state index contributed by atoms with van der Waals surface area (Å²) in [5, 5.41) is 9.11. The van der Waals surface area contributed by atoms with E-state index in [0.717, 1.165) is 17.7 Å². The van der Waals surface area contributed by atoms with E-state index in [2.05, 4.69) is 11.0 Å². The molecule has 0 amide bonds. The standard InChI is InChI=1S/C24H29N3O5S2/c1-33(28,29)24-12-20(14-26-15-21-5-3-19(13-25)11-22(21)16-26)4-6-23(24)32-17-18-7-9-27(10-8-18)34(2,30)31/h3-6,11-12,18H,7-10,14-17H2,1-2H3. The van der Waals surface area contributed by atoms with Crippen LogP contribution in [0.2, 0.25) is 0 Å². The Morgan fingerprint density at radius 3 is 2.35 bits per heavy atom. The Kier molecular flexibility index (Phi) is 7.01. The van der Waals surface area contributed by atoms with Crippen molar-refractivity contribution in [3.8, 4) is 11.8 Å². The molecule has 8 nitrogen and oxygen atoms in total. The summed E-state index contributed by atoms with van der Waals surface area (Å²) in [6.07, 6.45) is 3.76. The van der Waals surface area contributed by atoms with E-state index in [-0.39, 0.29) is 10.8 Å². The summed E-state index contributed by atoms with van der Waals surface area (Å²) in [5.74, 6) is 0.506. The number of hydrogen-bond donors (Lipinski definition) is 0. The highest BCUT2D eigenvalue weighted by Gasteiger charge is 2.26. The van der Waals surface area contributed by atoms with Crippen molar-refractivity contribution in [3.05, 3.63) is 58.7 Å². The van der Waals surface area contributed by atoms with Crippen molar-refractivity contribution in [2.45, 2.75) is 37.4 Å². The number of nitrogens with zero attached hydrogens (tertiary/aromatic N) is 3. The van der Waals surface area contributed by atoms with Gasteiger partial charge in [0.2, 0.25) is 10.0 Å². The minimum atomic E-state index is -3.50. The molecule has 10 heteroatoms. The molecule has 2 aliphatic heterocycles. The van der Waals surface area contributed by atoms with E-state index in [4.69, 9.17) is 10.00 Å². The number of ether oxygens (including phenoxy) is 1. The molecule has 2 aliphatic rings. The van der Waals surface area contributed by atoms with Gasteiger partial charge in [0.1, 0.15) is 10.6 Å². The smallest absolute Gasteiger partial charge is 0.211 e. The summed E-state index contributed by atoms with van der Waals surface area (Å²) in [6.45, 7) is 3.31. The van der Waals surface area contributed by atoms with E-state index in [1.807, 2.05) is 24.3 Å². The number of piperidine rings is 1. The second kappa shape index (κ2) is 9.66. The van der Waals surface area contributed by atoms with Crippen molar-refractivity contribution in [3.63, 3.8) is 0 Å². The van der Waals surface area contributed by atoms with Gasteiger partial charge in [0, 0.05) is 39.0 Å². The molecule has 0 unspecified atom stereocenters. The van der Waals surface area contributed by atoms with Crippen LogP contribution in [0.3, 0.4) is 0 Å². The number of sulfonamides is 1. The molecule has 0 N–H and O–H groups in total. The lowest BCUT2D eigenvalue weighted by molar-refractivity contribution is 0.183. The topological polar surface area (TPSA) is 108 Å². The van der Waals surface area contributed by atoms with Gasteiger partial charge in [-0.25, -0.2) is 21.1 Å². The maximum Gasteiger partial charge on any atom is 0.211 e. The summed E-state index contributed by atoms with van der Waals surface area (Å²) in [7, 11) is -6.68. The van der Waals surface area contributed by atoms with Gasteiger partial charge < -0.3 is 4.74 Å². The first-order valence-electron chi connectivity index (χ1n) is 11.2. The summed E-state index contributed by atoms with van der Waals surface area (Å²) < 4.78 is 55.8. The van der Waals surface area contributed by atoms with E-state index >= 15 is 0 Å². The Morgan fingerprint density at radius 1 is 1.00 bits per heavy atom. The first kappa shape index (κ1) is 24.7. The second-order valence-corrected chi connectivity index (χ2v) is 13.2. The van der Waals surface area contributed by atoms with Crippen molar-refractivity contribution in [1.29, 1.82) is 5.26 Å². The van der Waals surface area contributed by atoms with Gasteiger partial charge in [-0.1, -0.05) is 12.1 Å². The Hall–Kier alpha value is -2.45. The molecule has 34 heavy (non-hydrogen) atoms. The SMILES string of the molecule is CS(=O)(=O)c1cc(CN2Cc3ccc(C#N)cc3C2)ccc1OCC1CCN(S(C)(=O)=O)CC1. The molecular formula is C24H29N3O5S2. The summed E-state index contributed by atoms with van der Waals surface area (Å²) in [5.41, 5.74) is 3.83. The summed E-state index contributed by atoms with van der Waals surface area (Å²) in [6, 6.07) is 13.2. The molecule has 0 aromatic heterocycles. The highest BCUT2D eigenvalue weighted by atomic mass is 32.2. The first-order valence-corrected chi connectivity index (χ1v) is 14.9. The number of benzene rings is 2. The molecule has 0 bridgehead atoms. The second-order valence-electron chi connectivity index (χ2n) is 9.21. The lowest BCUT2D eigenvalue weighted by Crippen LogP contribution is -2.39. The van der Waals surface area contributed by atoms with Gasteiger partial charge in [-0.3, -0.25) is 4.90 Å². The summed E-state index contributed by atoms with van der Waals surface area (Å²) >= 11 is 0. The molecule has 2 aromatic rings. The van der Waals surface area contributed by atoms with Crippen LogP contribution in [0, 0.1) is 17.2 Å².